The third kappa shape index (κ3) is 4.69. The van der Waals surface area contributed by atoms with Crippen LogP contribution in [0.4, 0.5) is 13.2 Å². The Morgan fingerprint density at radius 3 is 2.56 bits per heavy atom. The summed E-state index contributed by atoms with van der Waals surface area (Å²) in [6.07, 6.45) is -1.11. The fraction of sp³-hybridized carbons (Fsp3) is 0.667. The quantitative estimate of drug-likeness (QED) is 0.761. The number of carboxylic acid groups (broad SMARTS) is 1. The Balaban J connectivity index is 1.49. The first kappa shape index (κ1) is 18.1. The molecule has 0 aromatic carbocycles. The lowest BCUT2D eigenvalue weighted by atomic mass is 9.85. The van der Waals surface area contributed by atoms with Gasteiger partial charge in [0.25, 0.3) is 5.91 Å². The maximum Gasteiger partial charge on any atom is 0.443 e. The fourth-order valence-electron chi connectivity index (χ4n) is 2.92. The van der Waals surface area contributed by atoms with Gasteiger partial charge in [-0.05, 0) is 31.6 Å². The molecule has 1 aromatic rings. The Hall–Kier alpha value is -1.68. The molecular formula is C15H18F3N3O3S. The molecule has 0 unspecified atom stereocenters. The minimum atomic E-state index is -4.55. The van der Waals surface area contributed by atoms with E-state index in [0.717, 1.165) is 24.8 Å². The van der Waals surface area contributed by atoms with Gasteiger partial charge in [0.2, 0.25) is 0 Å². The number of carboxylic acids is 1. The maximum atomic E-state index is 12.5. The summed E-state index contributed by atoms with van der Waals surface area (Å²) in [5.41, 5.74) is -0.235. The number of aliphatic carboxylic acids is 1. The number of aromatic nitrogens is 1. The Kier molecular flexibility index (Phi) is 5.01. The molecule has 0 saturated heterocycles. The van der Waals surface area contributed by atoms with E-state index in [1.807, 2.05) is 4.90 Å². The predicted octanol–water partition coefficient (Wildman–Crippen LogP) is 2.22. The van der Waals surface area contributed by atoms with Crippen LogP contribution in [0.2, 0.25) is 0 Å². The number of nitrogens with one attached hydrogen (secondary N) is 1. The van der Waals surface area contributed by atoms with Crippen LogP contribution in [-0.2, 0) is 11.0 Å². The van der Waals surface area contributed by atoms with Crippen LogP contribution in [-0.4, -0.2) is 52.0 Å². The third-order valence-corrected chi connectivity index (χ3v) is 5.36. The van der Waals surface area contributed by atoms with Gasteiger partial charge in [0.15, 0.2) is 5.01 Å². The predicted molar refractivity (Wildman–Crippen MR) is 83.3 cm³/mol. The number of alkyl halides is 3. The van der Waals surface area contributed by atoms with Gasteiger partial charge < -0.3 is 10.4 Å². The van der Waals surface area contributed by atoms with E-state index in [1.54, 1.807) is 0 Å². The van der Waals surface area contributed by atoms with E-state index in [2.05, 4.69) is 10.3 Å². The molecular weight excluding hydrogens is 359 g/mol. The number of carbonyl (C=O) groups excluding carboxylic acids is 1. The Bertz CT molecular complexity index is 654. The number of amides is 1. The molecule has 2 saturated carbocycles. The molecule has 0 radical (unpaired) electrons. The van der Waals surface area contributed by atoms with Crippen molar-refractivity contribution in [3.8, 4) is 0 Å². The van der Waals surface area contributed by atoms with E-state index in [9.17, 15) is 22.8 Å². The van der Waals surface area contributed by atoms with E-state index in [1.165, 1.54) is 0 Å². The minimum Gasteiger partial charge on any atom is -0.480 e. The lowest BCUT2D eigenvalue weighted by molar-refractivity contribution is -0.140. The zero-order valence-electron chi connectivity index (χ0n) is 13.3. The van der Waals surface area contributed by atoms with Crippen LogP contribution >= 0.6 is 11.3 Å². The molecule has 0 aliphatic heterocycles. The van der Waals surface area contributed by atoms with Crippen LogP contribution in [0.5, 0.6) is 0 Å². The van der Waals surface area contributed by atoms with Gasteiger partial charge >= 0.3 is 12.1 Å². The molecule has 2 aliphatic rings. The summed E-state index contributed by atoms with van der Waals surface area (Å²) < 4.78 is 37.6. The van der Waals surface area contributed by atoms with Crippen molar-refractivity contribution in [1.29, 1.82) is 0 Å². The van der Waals surface area contributed by atoms with Crippen molar-refractivity contribution in [1.82, 2.24) is 15.2 Å². The minimum absolute atomic E-state index is 0.0249. The van der Waals surface area contributed by atoms with Gasteiger partial charge in [-0.25, -0.2) is 4.98 Å². The van der Waals surface area contributed by atoms with Crippen LogP contribution < -0.4 is 5.32 Å². The molecule has 6 nitrogen and oxygen atoms in total. The second kappa shape index (κ2) is 6.91. The third-order valence-electron chi connectivity index (χ3n) is 4.47. The monoisotopic (exact) mass is 377 g/mol. The highest BCUT2D eigenvalue weighted by atomic mass is 32.1. The molecule has 1 amide bonds. The van der Waals surface area contributed by atoms with Gasteiger partial charge in [0, 0.05) is 24.0 Å². The highest BCUT2D eigenvalue weighted by Crippen LogP contribution is 2.34. The summed E-state index contributed by atoms with van der Waals surface area (Å²) in [6.45, 7) is 0.724. The molecule has 0 spiro atoms. The van der Waals surface area contributed by atoms with Crippen molar-refractivity contribution < 1.29 is 27.9 Å². The van der Waals surface area contributed by atoms with Gasteiger partial charge in [0.05, 0.1) is 6.54 Å². The number of thiazole rings is 1. The molecule has 25 heavy (non-hydrogen) atoms. The van der Waals surface area contributed by atoms with E-state index in [4.69, 9.17) is 5.11 Å². The fourth-order valence-corrected chi connectivity index (χ4v) is 3.59. The van der Waals surface area contributed by atoms with Crippen molar-refractivity contribution >= 4 is 23.2 Å². The molecule has 2 fully saturated rings. The van der Waals surface area contributed by atoms with E-state index >= 15 is 0 Å². The molecule has 2 aliphatic carbocycles. The van der Waals surface area contributed by atoms with E-state index < -0.39 is 23.1 Å². The second-order valence-electron chi connectivity index (χ2n) is 6.60. The summed E-state index contributed by atoms with van der Waals surface area (Å²) in [5, 5.41) is 11.7. The van der Waals surface area contributed by atoms with Crippen LogP contribution in [0.15, 0.2) is 5.38 Å². The number of hydrogen-bond donors (Lipinski definition) is 2. The lowest BCUT2D eigenvalue weighted by Crippen LogP contribution is -2.55. The smallest absolute Gasteiger partial charge is 0.443 e. The van der Waals surface area contributed by atoms with Gasteiger partial charge in [-0.1, -0.05) is 0 Å². The van der Waals surface area contributed by atoms with Crippen molar-refractivity contribution in [2.75, 3.05) is 13.1 Å². The molecule has 0 atom stereocenters. The lowest BCUT2D eigenvalue weighted by Gasteiger charge is -2.42. The molecule has 138 valence electrons. The Labute approximate surface area is 146 Å². The van der Waals surface area contributed by atoms with Crippen LogP contribution in [0.1, 0.15) is 41.2 Å². The molecule has 10 heteroatoms. The zero-order chi connectivity index (χ0) is 18.2. The van der Waals surface area contributed by atoms with E-state index in [-0.39, 0.29) is 24.3 Å². The first-order valence-electron chi connectivity index (χ1n) is 8.02. The van der Waals surface area contributed by atoms with Gasteiger partial charge in [-0.3, -0.25) is 14.5 Å². The van der Waals surface area contributed by atoms with Gasteiger partial charge in [-0.15, -0.1) is 11.3 Å². The molecule has 0 bridgehead atoms. The zero-order valence-corrected chi connectivity index (χ0v) is 14.1. The molecule has 3 rings (SSSR count). The first-order valence-corrected chi connectivity index (χ1v) is 8.89. The molecule has 1 aromatic heterocycles. The average molecular weight is 377 g/mol. The number of nitrogens with zero attached hydrogens (tertiary/aromatic N) is 2. The van der Waals surface area contributed by atoms with Crippen molar-refractivity contribution in [3.63, 3.8) is 0 Å². The maximum absolute atomic E-state index is 12.5. The number of rotatable bonds is 7. The standard InChI is InChI=1S/C15H18F3N3O3S/c16-15(17,18)14-20-11(7-25-14)13(24)19-9-3-10(4-9)21(6-12(22)23)5-8-1-2-8/h7-10H,1-6H2,(H,19,24)(H,22,23). The number of carbonyl (C=O) groups is 2. The molecule has 1 heterocycles. The van der Waals surface area contributed by atoms with Crippen molar-refractivity contribution in [2.45, 2.75) is 43.9 Å². The first-order chi connectivity index (χ1) is 11.7. The highest BCUT2D eigenvalue weighted by molar-refractivity contribution is 7.09. The number of hydrogen-bond acceptors (Lipinski definition) is 5. The van der Waals surface area contributed by atoms with Crippen LogP contribution in [0.25, 0.3) is 0 Å². The van der Waals surface area contributed by atoms with Crippen LogP contribution in [0.3, 0.4) is 0 Å². The summed E-state index contributed by atoms with van der Waals surface area (Å²) in [4.78, 5) is 28.2. The summed E-state index contributed by atoms with van der Waals surface area (Å²) in [6, 6.07) is -0.0767. The average Bonchev–Trinajstić information content (AvgIpc) is 3.11. The van der Waals surface area contributed by atoms with Crippen molar-refractivity contribution in [3.05, 3.63) is 16.1 Å². The second-order valence-corrected chi connectivity index (χ2v) is 7.46. The Morgan fingerprint density at radius 2 is 2.04 bits per heavy atom. The topological polar surface area (TPSA) is 82.5 Å². The van der Waals surface area contributed by atoms with Crippen molar-refractivity contribution in [2.24, 2.45) is 5.92 Å². The van der Waals surface area contributed by atoms with Gasteiger partial charge in [-0.2, -0.15) is 13.2 Å². The largest absolute Gasteiger partial charge is 0.480 e. The SMILES string of the molecule is O=C(O)CN(CC1CC1)C1CC(NC(=O)c2csc(C(F)(F)F)n2)C1. The van der Waals surface area contributed by atoms with Gasteiger partial charge in [0.1, 0.15) is 5.69 Å². The van der Waals surface area contributed by atoms with Crippen LogP contribution in [0, 0.1) is 5.92 Å². The summed E-state index contributed by atoms with van der Waals surface area (Å²) >= 11 is 0.393. The number of halogens is 3. The molecule has 2 N–H and O–H groups in total. The summed E-state index contributed by atoms with van der Waals surface area (Å²) in [7, 11) is 0. The summed E-state index contributed by atoms with van der Waals surface area (Å²) in [5.74, 6) is -0.943. The normalized spacial score (nSPS) is 23.4. The Morgan fingerprint density at radius 1 is 1.36 bits per heavy atom. The van der Waals surface area contributed by atoms with E-state index in [0.29, 0.717) is 30.1 Å². The highest BCUT2D eigenvalue weighted by Gasteiger charge is 2.39.